The van der Waals surface area contributed by atoms with Gasteiger partial charge in [-0.2, -0.15) is 0 Å². The highest BCUT2D eigenvalue weighted by molar-refractivity contribution is 14.0. The molecule has 0 aromatic rings. The largest absolute Gasteiger partial charge is 0.383 e. The van der Waals surface area contributed by atoms with Gasteiger partial charge in [0.25, 0.3) is 0 Å². The first-order valence-corrected chi connectivity index (χ1v) is 7.06. The van der Waals surface area contributed by atoms with Crippen molar-refractivity contribution in [2.24, 2.45) is 4.99 Å². The molecule has 0 radical (unpaired) electrons. The monoisotopic (exact) mass is 398 g/mol. The number of hydrogen-bond donors (Lipinski definition) is 3. The van der Waals surface area contributed by atoms with Crippen LogP contribution in [0.5, 0.6) is 0 Å². The molecule has 0 heterocycles. The van der Waals surface area contributed by atoms with Crippen LogP contribution in [0.4, 0.5) is 0 Å². The maximum Gasteiger partial charge on any atom is 0.241 e. The predicted octanol–water partition coefficient (Wildman–Crippen LogP) is 0.865. The Bertz CT molecular complexity index is 294. The highest BCUT2D eigenvalue weighted by Crippen LogP contribution is 2.17. The van der Waals surface area contributed by atoms with E-state index in [1.807, 2.05) is 6.92 Å². The third kappa shape index (κ3) is 8.57. The first-order valence-electron chi connectivity index (χ1n) is 7.06. The number of guanidine groups is 1. The van der Waals surface area contributed by atoms with Crippen LogP contribution in [0.2, 0.25) is 0 Å². The number of aliphatic imine (C=N–C) groups is 1. The zero-order chi connectivity index (χ0) is 13.9. The van der Waals surface area contributed by atoms with E-state index in [1.54, 1.807) is 7.11 Å². The van der Waals surface area contributed by atoms with Crippen LogP contribution in [0.25, 0.3) is 0 Å². The lowest BCUT2D eigenvalue weighted by molar-refractivity contribution is -0.119. The number of methoxy groups -OCH3 is 1. The molecule has 1 aliphatic carbocycles. The SMILES string of the molecule is CCNC(=NCC(=O)NCCOC)NC1CCCC1.I. The molecular formula is C13H27IN4O2. The van der Waals surface area contributed by atoms with E-state index in [0.29, 0.717) is 19.2 Å². The van der Waals surface area contributed by atoms with Crippen molar-refractivity contribution in [1.82, 2.24) is 16.0 Å². The van der Waals surface area contributed by atoms with Gasteiger partial charge >= 0.3 is 0 Å². The fourth-order valence-electron chi connectivity index (χ4n) is 2.08. The number of ether oxygens (including phenoxy) is 1. The third-order valence-electron chi connectivity index (χ3n) is 3.05. The number of carbonyl (C=O) groups excluding carboxylic acids is 1. The summed E-state index contributed by atoms with van der Waals surface area (Å²) in [6.45, 7) is 4.01. The minimum atomic E-state index is -0.0827. The second kappa shape index (κ2) is 12.2. The van der Waals surface area contributed by atoms with Crippen LogP contribution in [0.1, 0.15) is 32.6 Å². The molecule has 0 aliphatic heterocycles. The standard InChI is InChI=1S/C13H26N4O2.HI/c1-3-14-13(17-11-6-4-5-7-11)16-10-12(18)15-8-9-19-2;/h11H,3-10H2,1-2H3,(H,15,18)(H2,14,16,17);1H. The van der Waals surface area contributed by atoms with E-state index in [0.717, 1.165) is 12.5 Å². The highest BCUT2D eigenvalue weighted by Gasteiger charge is 2.15. The number of nitrogens with one attached hydrogen (secondary N) is 3. The summed E-state index contributed by atoms with van der Waals surface area (Å²) in [7, 11) is 1.61. The molecule has 0 saturated heterocycles. The van der Waals surface area contributed by atoms with Gasteiger partial charge in [0.05, 0.1) is 6.61 Å². The maximum atomic E-state index is 11.5. The van der Waals surface area contributed by atoms with E-state index >= 15 is 0 Å². The fraction of sp³-hybridized carbons (Fsp3) is 0.846. The molecule has 1 saturated carbocycles. The van der Waals surface area contributed by atoms with Crippen molar-refractivity contribution in [3.8, 4) is 0 Å². The van der Waals surface area contributed by atoms with Gasteiger partial charge in [-0.15, -0.1) is 24.0 Å². The zero-order valence-electron chi connectivity index (χ0n) is 12.4. The van der Waals surface area contributed by atoms with Crippen LogP contribution in [0, 0.1) is 0 Å². The molecule has 0 unspecified atom stereocenters. The van der Waals surface area contributed by atoms with Crippen LogP contribution in [0.3, 0.4) is 0 Å². The van der Waals surface area contributed by atoms with Crippen LogP contribution in [0.15, 0.2) is 4.99 Å². The quantitative estimate of drug-likeness (QED) is 0.258. The Hall–Kier alpha value is -0.570. The van der Waals surface area contributed by atoms with E-state index in [1.165, 1.54) is 25.7 Å². The Kier molecular flexibility index (Phi) is 11.8. The second-order valence-corrected chi connectivity index (χ2v) is 4.66. The van der Waals surface area contributed by atoms with Gasteiger partial charge in [0.1, 0.15) is 6.54 Å². The Morgan fingerprint density at radius 1 is 1.30 bits per heavy atom. The van der Waals surface area contributed by atoms with Gasteiger partial charge in [-0.05, 0) is 19.8 Å². The van der Waals surface area contributed by atoms with E-state index in [9.17, 15) is 4.79 Å². The summed E-state index contributed by atoms with van der Waals surface area (Å²) in [6, 6.07) is 0.495. The van der Waals surface area contributed by atoms with Crippen molar-refractivity contribution in [3.63, 3.8) is 0 Å². The van der Waals surface area contributed by atoms with Gasteiger partial charge in [0, 0.05) is 26.2 Å². The molecular weight excluding hydrogens is 371 g/mol. The van der Waals surface area contributed by atoms with Crippen molar-refractivity contribution >= 4 is 35.8 Å². The molecule has 1 fully saturated rings. The Morgan fingerprint density at radius 3 is 2.60 bits per heavy atom. The van der Waals surface area contributed by atoms with Crippen molar-refractivity contribution in [3.05, 3.63) is 0 Å². The summed E-state index contributed by atoms with van der Waals surface area (Å²) in [5, 5.41) is 9.29. The van der Waals surface area contributed by atoms with Gasteiger partial charge < -0.3 is 20.7 Å². The Labute approximate surface area is 138 Å². The molecule has 20 heavy (non-hydrogen) atoms. The molecule has 0 spiro atoms. The maximum absolute atomic E-state index is 11.5. The van der Waals surface area contributed by atoms with Gasteiger partial charge in [0.15, 0.2) is 5.96 Å². The molecule has 6 nitrogen and oxygen atoms in total. The summed E-state index contributed by atoms with van der Waals surface area (Å²) >= 11 is 0. The lowest BCUT2D eigenvalue weighted by Gasteiger charge is -2.16. The van der Waals surface area contributed by atoms with Crippen molar-refractivity contribution in [1.29, 1.82) is 0 Å². The zero-order valence-corrected chi connectivity index (χ0v) is 14.7. The van der Waals surface area contributed by atoms with Gasteiger partial charge in [-0.25, -0.2) is 4.99 Å². The summed E-state index contributed by atoms with van der Waals surface area (Å²) in [5.41, 5.74) is 0. The van der Waals surface area contributed by atoms with Crippen LogP contribution in [-0.2, 0) is 9.53 Å². The van der Waals surface area contributed by atoms with Crippen molar-refractivity contribution < 1.29 is 9.53 Å². The Balaban J connectivity index is 0.00000361. The lowest BCUT2D eigenvalue weighted by atomic mass is 10.2. The highest BCUT2D eigenvalue weighted by atomic mass is 127. The van der Waals surface area contributed by atoms with Crippen LogP contribution >= 0.6 is 24.0 Å². The molecule has 7 heteroatoms. The summed E-state index contributed by atoms with van der Waals surface area (Å²) < 4.78 is 4.87. The van der Waals surface area contributed by atoms with Crippen molar-refractivity contribution in [2.45, 2.75) is 38.6 Å². The molecule has 1 amide bonds. The van der Waals surface area contributed by atoms with E-state index < -0.39 is 0 Å². The summed E-state index contributed by atoms with van der Waals surface area (Å²) in [5.74, 6) is 0.650. The van der Waals surface area contributed by atoms with E-state index in [-0.39, 0.29) is 36.4 Å². The van der Waals surface area contributed by atoms with Gasteiger partial charge in [-0.3, -0.25) is 4.79 Å². The molecule has 1 rings (SSSR count). The predicted molar refractivity (Wildman–Crippen MR) is 91.7 cm³/mol. The van der Waals surface area contributed by atoms with Gasteiger partial charge in [0.2, 0.25) is 5.91 Å². The first kappa shape index (κ1) is 19.4. The molecule has 0 atom stereocenters. The molecule has 0 aromatic carbocycles. The number of amides is 1. The number of carbonyl (C=O) groups is 1. The second-order valence-electron chi connectivity index (χ2n) is 4.66. The lowest BCUT2D eigenvalue weighted by Crippen LogP contribution is -2.43. The minimum Gasteiger partial charge on any atom is -0.383 e. The number of rotatable bonds is 7. The molecule has 1 aliphatic rings. The molecule has 0 aromatic heterocycles. The van der Waals surface area contributed by atoms with Crippen LogP contribution in [-0.4, -0.2) is 51.3 Å². The Morgan fingerprint density at radius 2 is 2.00 bits per heavy atom. The fourth-order valence-corrected chi connectivity index (χ4v) is 2.08. The normalized spacial score (nSPS) is 15.6. The molecule has 3 N–H and O–H groups in total. The molecule has 0 bridgehead atoms. The summed E-state index contributed by atoms with van der Waals surface area (Å²) in [6.07, 6.45) is 4.91. The molecule has 118 valence electrons. The summed E-state index contributed by atoms with van der Waals surface area (Å²) in [4.78, 5) is 15.8. The average molecular weight is 398 g/mol. The number of hydrogen-bond acceptors (Lipinski definition) is 3. The first-order chi connectivity index (χ1) is 9.26. The van der Waals surface area contributed by atoms with Gasteiger partial charge in [-0.1, -0.05) is 12.8 Å². The van der Waals surface area contributed by atoms with Crippen molar-refractivity contribution in [2.75, 3.05) is 33.4 Å². The third-order valence-corrected chi connectivity index (χ3v) is 3.05. The number of halogens is 1. The smallest absolute Gasteiger partial charge is 0.241 e. The van der Waals surface area contributed by atoms with E-state index in [2.05, 4.69) is 20.9 Å². The topological polar surface area (TPSA) is 74.8 Å². The van der Waals surface area contributed by atoms with Crippen LogP contribution < -0.4 is 16.0 Å². The van der Waals surface area contributed by atoms with E-state index in [4.69, 9.17) is 4.74 Å². The minimum absolute atomic E-state index is 0. The average Bonchev–Trinajstić information content (AvgIpc) is 2.89. The number of nitrogens with zero attached hydrogens (tertiary/aromatic N) is 1.